The minimum Gasteiger partial charge on any atom is -0.494 e. The number of esters is 1. The van der Waals surface area contributed by atoms with Crippen molar-refractivity contribution < 1.29 is 19.0 Å². The molecule has 2 aromatic rings. The Morgan fingerprint density at radius 1 is 0.778 bits per heavy atom. The summed E-state index contributed by atoms with van der Waals surface area (Å²) >= 11 is 0. The molecule has 0 bridgehead atoms. The summed E-state index contributed by atoms with van der Waals surface area (Å²) in [5.41, 5.74) is 0.494. The van der Waals surface area contributed by atoms with Gasteiger partial charge in [0.05, 0.1) is 18.4 Å². The zero-order valence-electron chi connectivity index (χ0n) is 22.7. The van der Waals surface area contributed by atoms with Gasteiger partial charge in [0.25, 0.3) is 0 Å². The Hall–Kier alpha value is -2.75. The van der Waals surface area contributed by atoms with Crippen LogP contribution in [0.15, 0.2) is 60.9 Å². The van der Waals surface area contributed by atoms with Gasteiger partial charge >= 0.3 is 5.97 Å². The molecule has 0 radical (unpaired) electrons. The van der Waals surface area contributed by atoms with Gasteiger partial charge in [0.1, 0.15) is 17.2 Å². The molecule has 4 nitrogen and oxygen atoms in total. The van der Waals surface area contributed by atoms with Crippen molar-refractivity contribution in [2.24, 2.45) is 5.92 Å². The number of allylic oxidation sites excluding steroid dienone is 1. The zero-order valence-corrected chi connectivity index (χ0v) is 22.7. The largest absolute Gasteiger partial charge is 0.494 e. The van der Waals surface area contributed by atoms with E-state index in [2.05, 4.69) is 26.8 Å². The second kappa shape index (κ2) is 18.5. The van der Waals surface area contributed by atoms with Crippen molar-refractivity contribution in [3.8, 4) is 17.2 Å². The number of ether oxygens (including phenoxy) is 3. The predicted molar refractivity (Wildman–Crippen MR) is 149 cm³/mol. The summed E-state index contributed by atoms with van der Waals surface area (Å²) in [7, 11) is 0. The maximum atomic E-state index is 12.5. The third kappa shape index (κ3) is 12.8. The van der Waals surface area contributed by atoms with Crippen LogP contribution in [0.1, 0.15) is 108 Å². The second-order valence-corrected chi connectivity index (χ2v) is 9.64. The standard InChI is InChI=1S/C32H46O4/c1-4-6-7-8-9-10-11-14-25-35-30-21-23-31(24-22-30)36-32(33)28-17-19-29(20-18-28)34-26-15-12-13-16-27(3)5-2/h14,17-25,27H,4-13,15-16,26H2,1-3H3. The number of hydrogen-bond donors (Lipinski definition) is 0. The first kappa shape index (κ1) is 29.5. The third-order valence-electron chi connectivity index (χ3n) is 6.46. The summed E-state index contributed by atoms with van der Waals surface area (Å²) in [5, 5.41) is 0. The van der Waals surface area contributed by atoms with Crippen molar-refractivity contribution in [1.29, 1.82) is 0 Å². The Kier molecular flexibility index (Phi) is 15.2. The second-order valence-electron chi connectivity index (χ2n) is 9.64. The first-order chi connectivity index (χ1) is 17.6. The number of rotatable bonds is 19. The van der Waals surface area contributed by atoms with Crippen LogP contribution in [0.5, 0.6) is 17.2 Å². The third-order valence-corrected chi connectivity index (χ3v) is 6.46. The van der Waals surface area contributed by atoms with Gasteiger partial charge < -0.3 is 14.2 Å². The summed E-state index contributed by atoms with van der Waals surface area (Å²) in [5.74, 6) is 2.40. The fraction of sp³-hybridized carbons (Fsp3) is 0.531. The average molecular weight is 495 g/mol. The van der Waals surface area contributed by atoms with Crippen LogP contribution < -0.4 is 14.2 Å². The molecule has 1 atom stereocenters. The van der Waals surface area contributed by atoms with E-state index < -0.39 is 0 Å². The van der Waals surface area contributed by atoms with Crippen molar-refractivity contribution in [1.82, 2.24) is 0 Å². The molecule has 0 saturated heterocycles. The molecule has 0 heterocycles. The minimum absolute atomic E-state index is 0.390. The molecule has 1 unspecified atom stereocenters. The lowest BCUT2D eigenvalue weighted by atomic mass is 10.0. The van der Waals surface area contributed by atoms with E-state index in [1.807, 2.05) is 12.1 Å². The molecule has 36 heavy (non-hydrogen) atoms. The molecule has 2 aromatic carbocycles. The molecule has 0 fully saturated rings. The highest BCUT2D eigenvalue weighted by molar-refractivity contribution is 5.91. The topological polar surface area (TPSA) is 44.8 Å². The lowest BCUT2D eigenvalue weighted by Gasteiger charge is -2.09. The van der Waals surface area contributed by atoms with Crippen LogP contribution in [0.4, 0.5) is 0 Å². The normalized spacial score (nSPS) is 12.0. The van der Waals surface area contributed by atoms with Gasteiger partial charge in [0.2, 0.25) is 0 Å². The smallest absolute Gasteiger partial charge is 0.343 e. The summed E-state index contributed by atoms with van der Waals surface area (Å²) in [6.07, 6.45) is 18.6. The Morgan fingerprint density at radius 3 is 2.14 bits per heavy atom. The van der Waals surface area contributed by atoms with Crippen LogP contribution >= 0.6 is 0 Å². The Balaban J connectivity index is 1.64. The van der Waals surface area contributed by atoms with Gasteiger partial charge in [0.15, 0.2) is 0 Å². The van der Waals surface area contributed by atoms with Gasteiger partial charge in [-0.15, -0.1) is 0 Å². The van der Waals surface area contributed by atoms with Crippen molar-refractivity contribution >= 4 is 5.97 Å². The summed E-state index contributed by atoms with van der Waals surface area (Å²) in [6, 6.07) is 14.2. The van der Waals surface area contributed by atoms with E-state index in [9.17, 15) is 4.79 Å². The van der Waals surface area contributed by atoms with Crippen molar-refractivity contribution in [2.75, 3.05) is 6.61 Å². The minimum atomic E-state index is -0.390. The molecule has 0 amide bonds. The van der Waals surface area contributed by atoms with E-state index >= 15 is 0 Å². The van der Waals surface area contributed by atoms with Crippen molar-refractivity contribution in [3.05, 3.63) is 66.4 Å². The first-order valence-corrected chi connectivity index (χ1v) is 14.0. The fourth-order valence-corrected chi connectivity index (χ4v) is 3.84. The van der Waals surface area contributed by atoms with Crippen LogP contribution in [-0.2, 0) is 0 Å². The summed E-state index contributed by atoms with van der Waals surface area (Å²) in [6.45, 7) is 7.50. The quantitative estimate of drug-likeness (QED) is 0.0844. The molecule has 0 N–H and O–H groups in total. The molecular weight excluding hydrogens is 448 g/mol. The molecule has 0 aliphatic rings. The summed E-state index contributed by atoms with van der Waals surface area (Å²) in [4.78, 5) is 12.5. The van der Waals surface area contributed by atoms with E-state index in [1.165, 1.54) is 64.2 Å². The monoisotopic (exact) mass is 494 g/mol. The Labute approximate surface area is 219 Å². The lowest BCUT2D eigenvalue weighted by Crippen LogP contribution is -2.08. The van der Waals surface area contributed by atoms with Crippen LogP contribution in [0.2, 0.25) is 0 Å². The van der Waals surface area contributed by atoms with Gasteiger partial charge in [0, 0.05) is 0 Å². The highest BCUT2D eigenvalue weighted by Gasteiger charge is 2.09. The molecule has 2 rings (SSSR count). The van der Waals surface area contributed by atoms with Crippen molar-refractivity contribution in [2.45, 2.75) is 97.8 Å². The van der Waals surface area contributed by atoms with Gasteiger partial charge in [-0.3, -0.25) is 0 Å². The number of benzene rings is 2. The van der Waals surface area contributed by atoms with Crippen LogP contribution in [0, 0.1) is 5.92 Å². The number of carbonyl (C=O) groups excluding carboxylic acids is 1. The lowest BCUT2D eigenvalue weighted by molar-refractivity contribution is 0.0734. The first-order valence-electron chi connectivity index (χ1n) is 14.0. The van der Waals surface area contributed by atoms with E-state index in [-0.39, 0.29) is 5.97 Å². The highest BCUT2D eigenvalue weighted by atomic mass is 16.5. The Morgan fingerprint density at radius 2 is 1.42 bits per heavy atom. The zero-order chi connectivity index (χ0) is 25.8. The molecule has 198 valence electrons. The Bertz CT molecular complexity index is 855. The predicted octanol–water partition coefficient (Wildman–Crippen LogP) is 9.53. The van der Waals surface area contributed by atoms with E-state index in [1.54, 1.807) is 42.7 Å². The van der Waals surface area contributed by atoms with Crippen LogP contribution in [0.3, 0.4) is 0 Å². The summed E-state index contributed by atoms with van der Waals surface area (Å²) < 4.78 is 16.9. The van der Waals surface area contributed by atoms with Crippen LogP contribution in [0.25, 0.3) is 0 Å². The van der Waals surface area contributed by atoms with Crippen molar-refractivity contribution in [3.63, 3.8) is 0 Å². The van der Waals surface area contributed by atoms with E-state index in [0.29, 0.717) is 17.9 Å². The SMILES string of the molecule is CCCCCCCCC=COc1ccc(OC(=O)c2ccc(OCCCCCC(C)CC)cc2)cc1. The molecule has 0 aliphatic carbocycles. The van der Waals surface area contributed by atoms with Gasteiger partial charge in [-0.1, -0.05) is 78.6 Å². The number of carbonyl (C=O) groups is 1. The van der Waals surface area contributed by atoms with Gasteiger partial charge in [-0.2, -0.15) is 0 Å². The van der Waals surface area contributed by atoms with Gasteiger partial charge in [-0.05, 0) is 79.8 Å². The maximum absolute atomic E-state index is 12.5. The maximum Gasteiger partial charge on any atom is 0.343 e. The fourth-order valence-electron chi connectivity index (χ4n) is 3.84. The highest BCUT2D eigenvalue weighted by Crippen LogP contribution is 2.20. The number of hydrogen-bond acceptors (Lipinski definition) is 4. The number of unbranched alkanes of at least 4 members (excludes halogenated alkanes) is 8. The van der Waals surface area contributed by atoms with Crippen LogP contribution in [-0.4, -0.2) is 12.6 Å². The average Bonchev–Trinajstić information content (AvgIpc) is 2.90. The van der Waals surface area contributed by atoms with E-state index in [4.69, 9.17) is 14.2 Å². The molecule has 0 saturated carbocycles. The molecule has 0 aromatic heterocycles. The van der Waals surface area contributed by atoms with E-state index in [0.717, 1.165) is 30.3 Å². The molecule has 0 aliphatic heterocycles. The molecule has 0 spiro atoms. The molecule has 4 heteroatoms. The molecular formula is C32H46O4. The van der Waals surface area contributed by atoms with Gasteiger partial charge in [-0.25, -0.2) is 4.79 Å².